The number of ether oxygens (including phenoxy) is 1. The molecule has 1 aromatic rings. The van der Waals surface area contributed by atoms with Gasteiger partial charge in [-0.1, -0.05) is 0 Å². The van der Waals surface area contributed by atoms with E-state index in [0.717, 1.165) is 0 Å². The molecule has 10 nitrogen and oxygen atoms in total. The lowest BCUT2D eigenvalue weighted by atomic mass is 10.1. The van der Waals surface area contributed by atoms with Crippen molar-refractivity contribution in [2.24, 2.45) is 7.05 Å². The second-order valence-electron chi connectivity index (χ2n) is 4.73. The van der Waals surface area contributed by atoms with Crippen LogP contribution >= 0.6 is 0 Å². The number of methoxy groups -OCH3 is 1. The van der Waals surface area contributed by atoms with Crippen LogP contribution in [0.1, 0.15) is 24.6 Å². The second-order valence-corrected chi connectivity index (χ2v) is 4.73. The number of aryl methyl sites for hydroxylation is 1. The van der Waals surface area contributed by atoms with Crippen molar-refractivity contribution < 1.29 is 29.0 Å². The summed E-state index contributed by atoms with van der Waals surface area (Å²) >= 11 is 0. The molecule has 0 spiro atoms. The Balaban J connectivity index is 2.74. The van der Waals surface area contributed by atoms with Crippen molar-refractivity contribution in [3.8, 4) is 0 Å². The van der Waals surface area contributed by atoms with E-state index >= 15 is 0 Å². The summed E-state index contributed by atoms with van der Waals surface area (Å²) in [6.07, 6.45) is 2.33. The predicted molar refractivity (Wildman–Crippen MR) is 76.4 cm³/mol. The third-order valence-electron chi connectivity index (χ3n) is 2.96. The van der Waals surface area contributed by atoms with Crippen LogP contribution in [0.2, 0.25) is 0 Å². The van der Waals surface area contributed by atoms with E-state index in [4.69, 9.17) is 15.4 Å². The summed E-state index contributed by atoms with van der Waals surface area (Å²) in [7, 11) is 3.02. The van der Waals surface area contributed by atoms with Gasteiger partial charge in [0.15, 0.2) is 6.10 Å². The highest BCUT2D eigenvalue weighted by atomic mass is 16.5. The molecule has 0 bridgehead atoms. The zero-order valence-corrected chi connectivity index (χ0v) is 12.7. The van der Waals surface area contributed by atoms with E-state index in [0.29, 0.717) is 11.9 Å². The quantitative estimate of drug-likeness (QED) is 0.350. The molecule has 0 radical (unpaired) electrons. The number of carbonyl (C=O) groups is 3. The smallest absolute Gasteiger partial charge is 0.326 e. The molecule has 0 aliphatic heterocycles. The number of aromatic nitrogens is 2. The topological polar surface area (TPSA) is 147 Å². The fourth-order valence-corrected chi connectivity index (χ4v) is 1.85. The molecule has 1 rings (SSSR count). The number of hydrogen-bond donors (Lipinski definition) is 2. The summed E-state index contributed by atoms with van der Waals surface area (Å²) < 4.78 is 6.68. The number of carboxylic acid groups (broad SMARTS) is 1. The Labute approximate surface area is 131 Å². The van der Waals surface area contributed by atoms with Crippen LogP contribution in [0.4, 0.5) is 0 Å². The first-order valence-electron chi connectivity index (χ1n) is 6.63. The number of hydrogen-bond acceptors (Lipinski definition) is 5. The summed E-state index contributed by atoms with van der Waals surface area (Å²) in [5.41, 5.74) is 8.56. The van der Waals surface area contributed by atoms with Crippen LogP contribution in [0, 0.1) is 0 Å². The first-order valence-corrected chi connectivity index (χ1v) is 6.63. The number of nitrogens with one attached hydrogen (secondary N) is 1. The number of ketones is 1. The Morgan fingerprint density at radius 2 is 2.26 bits per heavy atom. The lowest BCUT2D eigenvalue weighted by Gasteiger charge is -2.17. The number of aliphatic carboxylic acids is 1. The number of carbonyl (C=O) groups excluding carboxylic acids is 2. The van der Waals surface area contributed by atoms with Gasteiger partial charge in [0, 0.05) is 26.8 Å². The molecule has 0 aliphatic rings. The summed E-state index contributed by atoms with van der Waals surface area (Å²) in [5.74, 6) is -2.52. The zero-order chi connectivity index (χ0) is 17.4. The van der Waals surface area contributed by atoms with Gasteiger partial charge in [-0.25, -0.2) is 9.78 Å². The number of imidazole rings is 1. The highest BCUT2D eigenvalue weighted by molar-refractivity contribution is 6.25. The fourth-order valence-electron chi connectivity index (χ4n) is 1.85. The third kappa shape index (κ3) is 5.46. The van der Waals surface area contributed by atoms with Crippen LogP contribution in [0.3, 0.4) is 0 Å². The van der Waals surface area contributed by atoms with Gasteiger partial charge in [0.1, 0.15) is 6.04 Å². The highest BCUT2D eigenvalue weighted by Gasteiger charge is 2.28. The van der Waals surface area contributed by atoms with E-state index in [1.54, 1.807) is 17.8 Å². The summed E-state index contributed by atoms with van der Waals surface area (Å²) in [6, 6.07) is -1.28. The molecule has 0 saturated heterocycles. The number of carboxylic acids is 1. The molecule has 0 unspecified atom stereocenters. The normalized spacial score (nSPS) is 12.8. The molecule has 2 atom stereocenters. The van der Waals surface area contributed by atoms with E-state index in [1.807, 2.05) is 0 Å². The molecular weight excluding hydrogens is 306 g/mol. The minimum Gasteiger partial charge on any atom is -0.480 e. The number of amides is 1. The maximum Gasteiger partial charge on any atom is 0.326 e. The van der Waals surface area contributed by atoms with Crippen molar-refractivity contribution in [1.82, 2.24) is 14.9 Å². The van der Waals surface area contributed by atoms with E-state index in [-0.39, 0.29) is 12.8 Å². The van der Waals surface area contributed by atoms with Gasteiger partial charge in [-0.2, -0.15) is 4.79 Å². The van der Waals surface area contributed by atoms with Crippen molar-refractivity contribution in [3.63, 3.8) is 0 Å². The minimum absolute atomic E-state index is 0.148. The van der Waals surface area contributed by atoms with Gasteiger partial charge in [0.05, 0.1) is 12.0 Å². The fraction of sp³-hybridized carbons (Fsp3) is 0.462. The standard InChI is InChI=1S/C13H17N5O5/c1-18-6-10(15-7-18)11(23-2)12(20)17-9(13(21)22)4-3-8(19)5-16-14/h5-7,9,11H,3-4H2,1-2H3,(H,17,20)(H,21,22)/t9-,11-/m0/s1. The van der Waals surface area contributed by atoms with Crippen molar-refractivity contribution in [1.29, 1.82) is 0 Å². The minimum atomic E-state index is -1.29. The monoisotopic (exact) mass is 323 g/mol. The van der Waals surface area contributed by atoms with Crippen molar-refractivity contribution >= 4 is 23.9 Å². The predicted octanol–water partition coefficient (Wildman–Crippen LogP) is -0.673. The van der Waals surface area contributed by atoms with Gasteiger partial charge in [0.2, 0.25) is 5.78 Å². The SMILES string of the molecule is CO[C@H](C(=O)N[C@@H](CCC(=O)C=[N+]=[N-])C(=O)O)c1cn(C)cn1. The van der Waals surface area contributed by atoms with Crippen LogP contribution < -0.4 is 5.32 Å². The Hall–Kier alpha value is -2.84. The van der Waals surface area contributed by atoms with Crippen LogP contribution in [0.15, 0.2) is 12.5 Å². The molecule has 1 amide bonds. The maximum atomic E-state index is 12.2. The molecule has 1 aromatic heterocycles. The Morgan fingerprint density at radius 1 is 1.57 bits per heavy atom. The van der Waals surface area contributed by atoms with Crippen LogP contribution in [0.25, 0.3) is 5.53 Å². The molecule has 124 valence electrons. The molecule has 10 heteroatoms. The second kappa shape index (κ2) is 8.57. The maximum absolute atomic E-state index is 12.2. The number of rotatable bonds is 9. The van der Waals surface area contributed by atoms with Gasteiger partial charge >= 0.3 is 12.2 Å². The third-order valence-corrected chi connectivity index (χ3v) is 2.96. The first kappa shape index (κ1) is 18.2. The van der Waals surface area contributed by atoms with E-state index in [1.165, 1.54) is 13.4 Å². The molecule has 23 heavy (non-hydrogen) atoms. The summed E-state index contributed by atoms with van der Waals surface area (Å²) in [4.78, 5) is 41.1. The van der Waals surface area contributed by atoms with E-state index < -0.39 is 29.8 Å². The lowest BCUT2D eigenvalue weighted by molar-refractivity contribution is -0.144. The van der Waals surface area contributed by atoms with Crippen LogP contribution in [0.5, 0.6) is 0 Å². The highest BCUT2D eigenvalue weighted by Crippen LogP contribution is 2.15. The van der Waals surface area contributed by atoms with Gasteiger partial charge in [0.25, 0.3) is 5.91 Å². The number of Topliss-reactive ketones (excluding diaryl/α,β-unsaturated/α-hetero) is 1. The van der Waals surface area contributed by atoms with Crippen molar-refractivity contribution in [2.45, 2.75) is 25.0 Å². The van der Waals surface area contributed by atoms with Gasteiger partial charge in [-0.05, 0) is 6.42 Å². The largest absolute Gasteiger partial charge is 0.480 e. The molecule has 0 aromatic carbocycles. The summed E-state index contributed by atoms with van der Waals surface area (Å²) in [6.45, 7) is 0. The molecular formula is C13H17N5O5. The molecule has 0 fully saturated rings. The van der Waals surface area contributed by atoms with E-state index in [2.05, 4.69) is 15.1 Å². The Morgan fingerprint density at radius 3 is 2.74 bits per heavy atom. The van der Waals surface area contributed by atoms with Crippen LogP contribution in [-0.4, -0.2) is 56.5 Å². The van der Waals surface area contributed by atoms with E-state index in [9.17, 15) is 14.4 Å². The molecule has 1 heterocycles. The van der Waals surface area contributed by atoms with Gasteiger partial charge < -0.3 is 25.3 Å². The first-order chi connectivity index (χ1) is 10.9. The van der Waals surface area contributed by atoms with Gasteiger partial charge in [-0.15, -0.1) is 0 Å². The zero-order valence-electron chi connectivity index (χ0n) is 12.7. The molecule has 0 aliphatic carbocycles. The lowest BCUT2D eigenvalue weighted by Crippen LogP contribution is -2.43. The van der Waals surface area contributed by atoms with Crippen molar-refractivity contribution in [3.05, 3.63) is 23.7 Å². The van der Waals surface area contributed by atoms with Crippen LogP contribution in [-0.2, 0) is 26.2 Å². The average molecular weight is 323 g/mol. The number of nitrogens with zero attached hydrogens (tertiary/aromatic N) is 4. The van der Waals surface area contributed by atoms with Crippen molar-refractivity contribution in [2.75, 3.05) is 7.11 Å². The average Bonchev–Trinajstić information content (AvgIpc) is 2.90. The van der Waals surface area contributed by atoms with Gasteiger partial charge in [-0.3, -0.25) is 9.59 Å². The Kier molecular flexibility index (Phi) is 6.78. The summed E-state index contributed by atoms with van der Waals surface area (Å²) in [5, 5.41) is 11.4. The molecule has 2 N–H and O–H groups in total. The Bertz CT molecular complexity index is 634. The molecule has 0 saturated carbocycles.